The van der Waals surface area contributed by atoms with Gasteiger partial charge in [-0.1, -0.05) is 0 Å². The number of ketones is 1. The van der Waals surface area contributed by atoms with Crippen LogP contribution in [0.1, 0.15) is 10.4 Å². The molecule has 0 saturated carbocycles. The molecule has 0 radical (unpaired) electrons. The molecular formula is C19H22FN3O. The van der Waals surface area contributed by atoms with Crippen LogP contribution in [0.25, 0.3) is 0 Å². The van der Waals surface area contributed by atoms with Crippen molar-refractivity contribution in [1.29, 1.82) is 0 Å². The van der Waals surface area contributed by atoms with Crippen LogP contribution in [0.15, 0.2) is 48.5 Å². The van der Waals surface area contributed by atoms with Crippen molar-refractivity contribution in [1.82, 2.24) is 5.32 Å². The fourth-order valence-corrected chi connectivity index (χ4v) is 3.00. The zero-order valence-electron chi connectivity index (χ0n) is 13.8. The van der Waals surface area contributed by atoms with E-state index in [1.165, 1.54) is 12.1 Å². The van der Waals surface area contributed by atoms with Gasteiger partial charge >= 0.3 is 0 Å². The number of carbonyl (C=O) groups excluding carboxylic acids is 1. The molecule has 2 aromatic carbocycles. The van der Waals surface area contributed by atoms with Gasteiger partial charge in [-0.3, -0.25) is 4.79 Å². The normalized spacial score (nSPS) is 14.8. The van der Waals surface area contributed by atoms with Gasteiger partial charge < -0.3 is 15.1 Å². The Kier molecular flexibility index (Phi) is 5.11. The van der Waals surface area contributed by atoms with Crippen LogP contribution in [0.3, 0.4) is 0 Å². The second kappa shape index (κ2) is 7.45. The smallest absolute Gasteiger partial charge is 0.176 e. The van der Waals surface area contributed by atoms with Crippen molar-refractivity contribution in [3.05, 3.63) is 59.9 Å². The molecule has 2 aromatic rings. The lowest BCUT2D eigenvalue weighted by Crippen LogP contribution is -2.46. The van der Waals surface area contributed by atoms with E-state index in [0.29, 0.717) is 6.54 Å². The minimum absolute atomic E-state index is 0.102. The van der Waals surface area contributed by atoms with Crippen LogP contribution in [0.5, 0.6) is 0 Å². The quantitative estimate of drug-likeness (QED) is 0.856. The Balaban J connectivity index is 1.60. The summed E-state index contributed by atoms with van der Waals surface area (Å²) in [6.45, 7) is 3.95. The summed E-state index contributed by atoms with van der Waals surface area (Å²) in [4.78, 5) is 16.4. The molecule has 126 valence electrons. The van der Waals surface area contributed by atoms with Gasteiger partial charge in [0, 0.05) is 43.1 Å². The van der Waals surface area contributed by atoms with Crippen molar-refractivity contribution in [3.63, 3.8) is 0 Å². The first-order valence-corrected chi connectivity index (χ1v) is 8.21. The predicted molar refractivity (Wildman–Crippen MR) is 95.5 cm³/mol. The minimum Gasteiger partial charge on any atom is -0.368 e. The number of halogens is 1. The van der Waals surface area contributed by atoms with E-state index in [1.807, 2.05) is 36.4 Å². The lowest BCUT2D eigenvalue weighted by Gasteiger charge is -2.37. The highest BCUT2D eigenvalue weighted by molar-refractivity contribution is 5.97. The molecule has 1 aliphatic rings. The standard InChI is InChI=1S/C19H22FN3O/c1-21-14-19(24)15-2-6-17(7-3-15)22-10-12-23(13-11-22)18-8-4-16(20)5-9-18/h2-9,21H,10-14H2,1H3. The molecule has 0 amide bonds. The van der Waals surface area contributed by atoms with Crippen LogP contribution in [0.2, 0.25) is 0 Å². The van der Waals surface area contributed by atoms with Crippen molar-refractivity contribution >= 4 is 17.2 Å². The summed E-state index contributed by atoms with van der Waals surface area (Å²) in [6, 6.07) is 14.5. The Morgan fingerprint density at radius 3 is 1.83 bits per heavy atom. The zero-order valence-corrected chi connectivity index (χ0v) is 13.8. The largest absolute Gasteiger partial charge is 0.368 e. The van der Waals surface area contributed by atoms with Crippen LogP contribution >= 0.6 is 0 Å². The number of nitrogens with zero attached hydrogens (tertiary/aromatic N) is 2. The summed E-state index contributed by atoms with van der Waals surface area (Å²) in [5.41, 5.74) is 2.93. The Labute approximate surface area is 141 Å². The number of benzene rings is 2. The van der Waals surface area contributed by atoms with Crippen molar-refractivity contribution in [2.24, 2.45) is 0 Å². The first kappa shape index (κ1) is 16.5. The van der Waals surface area contributed by atoms with Crippen molar-refractivity contribution < 1.29 is 9.18 Å². The molecule has 0 aromatic heterocycles. The SMILES string of the molecule is CNCC(=O)c1ccc(N2CCN(c3ccc(F)cc3)CC2)cc1. The third-order valence-corrected chi connectivity index (χ3v) is 4.36. The molecule has 24 heavy (non-hydrogen) atoms. The number of piperazine rings is 1. The van der Waals surface area contributed by atoms with Gasteiger partial charge in [-0.2, -0.15) is 0 Å². The van der Waals surface area contributed by atoms with Crippen LogP contribution in [-0.2, 0) is 0 Å². The number of hydrogen-bond donors (Lipinski definition) is 1. The maximum Gasteiger partial charge on any atom is 0.176 e. The second-order valence-corrected chi connectivity index (χ2v) is 5.95. The van der Waals surface area contributed by atoms with Crippen molar-refractivity contribution in [2.75, 3.05) is 49.6 Å². The molecular weight excluding hydrogens is 305 g/mol. The summed E-state index contributed by atoms with van der Waals surface area (Å²) in [5, 5.41) is 2.88. The number of nitrogens with one attached hydrogen (secondary N) is 1. The summed E-state index contributed by atoms with van der Waals surface area (Å²) >= 11 is 0. The molecule has 1 N–H and O–H groups in total. The van der Waals surface area contributed by atoms with Crippen molar-refractivity contribution in [3.8, 4) is 0 Å². The number of hydrogen-bond acceptors (Lipinski definition) is 4. The predicted octanol–water partition coefficient (Wildman–Crippen LogP) is 2.55. The van der Waals surface area contributed by atoms with E-state index < -0.39 is 0 Å². The molecule has 0 spiro atoms. The third-order valence-electron chi connectivity index (χ3n) is 4.36. The minimum atomic E-state index is -0.203. The Bertz CT molecular complexity index is 677. The van der Waals surface area contributed by atoms with Crippen molar-refractivity contribution in [2.45, 2.75) is 0 Å². The van der Waals surface area contributed by atoms with E-state index in [0.717, 1.165) is 43.1 Å². The van der Waals surface area contributed by atoms with Gasteiger partial charge in [0.2, 0.25) is 0 Å². The maximum absolute atomic E-state index is 13.0. The Morgan fingerprint density at radius 1 is 0.917 bits per heavy atom. The van der Waals surface area contributed by atoms with E-state index >= 15 is 0 Å². The van der Waals surface area contributed by atoms with E-state index in [9.17, 15) is 9.18 Å². The average Bonchev–Trinajstić information content (AvgIpc) is 2.63. The summed E-state index contributed by atoms with van der Waals surface area (Å²) in [5.74, 6) is -0.101. The lowest BCUT2D eigenvalue weighted by atomic mass is 10.1. The summed E-state index contributed by atoms with van der Waals surface area (Å²) in [6.07, 6.45) is 0. The van der Waals surface area contributed by atoms with E-state index in [2.05, 4.69) is 15.1 Å². The monoisotopic (exact) mass is 327 g/mol. The molecule has 3 rings (SSSR count). The molecule has 0 atom stereocenters. The van der Waals surface area contributed by atoms with Crippen LogP contribution < -0.4 is 15.1 Å². The summed E-state index contributed by atoms with van der Waals surface area (Å²) in [7, 11) is 1.77. The number of rotatable bonds is 5. The Hall–Kier alpha value is -2.40. The van der Waals surface area contributed by atoms with Crippen LogP contribution in [0.4, 0.5) is 15.8 Å². The van der Waals surface area contributed by atoms with Gasteiger partial charge in [0.1, 0.15) is 5.82 Å². The zero-order chi connectivity index (χ0) is 16.9. The highest BCUT2D eigenvalue weighted by atomic mass is 19.1. The van der Waals surface area contributed by atoms with Gasteiger partial charge in [-0.25, -0.2) is 4.39 Å². The van der Waals surface area contributed by atoms with Gasteiger partial charge in [-0.05, 0) is 55.6 Å². The Morgan fingerprint density at radius 2 is 1.38 bits per heavy atom. The fourth-order valence-electron chi connectivity index (χ4n) is 3.00. The maximum atomic E-state index is 13.0. The van der Waals surface area contributed by atoms with E-state index in [4.69, 9.17) is 0 Å². The van der Waals surface area contributed by atoms with Crippen LogP contribution in [0, 0.1) is 5.82 Å². The first-order valence-electron chi connectivity index (χ1n) is 8.21. The number of carbonyl (C=O) groups is 1. The third kappa shape index (κ3) is 3.74. The molecule has 1 aliphatic heterocycles. The molecule has 0 unspecified atom stereocenters. The average molecular weight is 327 g/mol. The van der Waals surface area contributed by atoms with Crippen LogP contribution in [-0.4, -0.2) is 45.6 Å². The number of likely N-dealkylation sites (N-methyl/N-ethyl adjacent to an activating group) is 1. The lowest BCUT2D eigenvalue weighted by molar-refractivity contribution is 0.0993. The molecule has 4 nitrogen and oxygen atoms in total. The van der Waals surface area contributed by atoms with Gasteiger partial charge in [0.15, 0.2) is 5.78 Å². The number of Topliss-reactive ketones (excluding diaryl/α,β-unsaturated/α-hetero) is 1. The highest BCUT2D eigenvalue weighted by Crippen LogP contribution is 2.21. The molecule has 1 fully saturated rings. The van der Waals surface area contributed by atoms with E-state index in [-0.39, 0.29) is 11.6 Å². The van der Waals surface area contributed by atoms with Gasteiger partial charge in [0.05, 0.1) is 6.54 Å². The number of anilines is 2. The van der Waals surface area contributed by atoms with E-state index in [1.54, 1.807) is 7.05 Å². The molecule has 5 heteroatoms. The highest BCUT2D eigenvalue weighted by Gasteiger charge is 2.17. The van der Waals surface area contributed by atoms with Gasteiger partial charge in [0.25, 0.3) is 0 Å². The molecule has 1 heterocycles. The molecule has 0 aliphatic carbocycles. The topological polar surface area (TPSA) is 35.6 Å². The van der Waals surface area contributed by atoms with Gasteiger partial charge in [-0.15, -0.1) is 0 Å². The fraction of sp³-hybridized carbons (Fsp3) is 0.316. The molecule has 0 bridgehead atoms. The first-order chi connectivity index (χ1) is 11.7. The second-order valence-electron chi connectivity index (χ2n) is 5.95. The molecule has 1 saturated heterocycles. The summed E-state index contributed by atoms with van der Waals surface area (Å²) < 4.78 is 13.0.